The van der Waals surface area contributed by atoms with Crippen LogP contribution in [0.3, 0.4) is 0 Å². The molecule has 5 heterocycles. The van der Waals surface area contributed by atoms with Crippen molar-refractivity contribution in [2.75, 3.05) is 68.1 Å². The Kier molecular flexibility index (Phi) is 8.70. The van der Waals surface area contributed by atoms with Gasteiger partial charge in [-0.25, -0.2) is 0 Å². The summed E-state index contributed by atoms with van der Waals surface area (Å²) in [7, 11) is 0. The van der Waals surface area contributed by atoms with Crippen LogP contribution < -0.4 is 20.3 Å². The number of anilines is 4. The van der Waals surface area contributed by atoms with Crippen molar-refractivity contribution in [2.24, 2.45) is 0 Å². The average molecular weight is 643 g/mol. The number of hydrogen-bond donors (Lipinski definition) is 2. The van der Waals surface area contributed by atoms with Crippen LogP contribution >= 0.6 is 0 Å². The molecule has 2 saturated heterocycles. The number of carbonyl (C=O) groups is 1. The smallest absolute Gasteiger partial charge is 0.257 e. The molecule has 5 aromatic rings. The molecular formula is C39H42N6O3. The Labute approximate surface area is 281 Å². The van der Waals surface area contributed by atoms with E-state index in [1.807, 2.05) is 42.7 Å². The summed E-state index contributed by atoms with van der Waals surface area (Å²) in [5.74, 6) is 0.731. The van der Waals surface area contributed by atoms with Gasteiger partial charge in [0.1, 0.15) is 5.75 Å². The maximum absolute atomic E-state index is 13.4. The van der Waals surface area contributed by atoms with Crippen LogP contribution in [-0.2, 0) is 17.7 Å². The molecule has 48 heavy (non-hydrogen) atoms. The van der Waals surface area contributed by atoms with E-state index in [1.54, 1.807) is 0 Å². The number of pyridine rings is 1. The highest BCUT2D eigenvalue weighted by molar-refractivity contribution is 6.13. The lowest BCUT2D eigenvalue weighted by molar-refractivity contribution is 0.102. The van der Waals surface area contributed by atoms with Gasteiger partial charge in [-0.05, 0) is 91.7 Å². The summed E-state index contributed by atoms with van der Waals surface area (Å²) in [6.45, 7) is 8.25. The number of hydrogen-bond acceptors (Lipinski definition) is 7. The highest BCUT2D eigenvalue weighted by Gasteiger charge is 2.21. The van der Waals surface area contributed by atoms with Crippen LogP contribution in [0.25, 0.3) is 22.0 Å². The van der Waals surface area contributed by atoms with Gasteiger partial charge in [0.05, 0.1) is 54.2 Å². The molecule has 0 radical (unpaired) electrons. The third kappa shape index (κ3) is 6.48. The van der Waals surface area contributed by atoms with Crippen LogP contribution in [0.2, 0.25) is 0 Å². The Morgan fingerprint density at radius 3 is 2.50 bits per heavy atom. The van der Waals surface area contributed by atoms with E-state index in [1.165, 1.54) is 43.4 Å². The summed E-state index contributed by atoms with van der Waals surface area (Å²) in [4.78, 5) is 22.8. The fraction of sp³-hybridized carbons (Fsp3) is 0.333. The van der Waals surface area contributed by atoms with Crippen LogP contribution in [0.5, 0.6) is 5.75 Å². The minimum Gasteiger partial charge on any atom is -0.493 e. The first-order valence-electron chi connectivity index (χ1n) is 17.2. The lowest BCUT2D eigenvalue weighted by atomic mass is 10.0. The summed E-state index contributed by atoms with van der Waals surface area (Å²) >= 11 is 0. The van der Waals surface area contributed by atoms with E-state index in [4.69, 9.17) is 9.47 Å². The van der Waals surface area contributed by atoms with Crippen LogP contribution in [-0.4, -0.2) is 72.9 Å². The SMILES string of the molecule is O=C1Nc2cc(CCOc3ccc(N4CCOCC4)cc3)ccc2Nc2cc(-c3cn(CCN4CCCCC4)c4cnccc34)ccc21. The lowest BCUT2D eigenvalue weighted by Gasteiger charge is -2.28. The molecular weight excluding hydrogens is 600 g/mol. The molecule has 9 nitrogen and oxygen atoms in total. The highest BCUT2D eigenvalue weighted by atomic mass is 16.5. The first kappa shape index (κ1) is 30.5. The van der Waals surface area contributed by atoms with Crippen LogP contribution in [0, 0.1) is 0 Å². The predicted octanol–water partition coefficient (Wildman–Crippen LogP) is 6.96. The molecule has 3 aliphatic rings. The molecule has 246 valence electrons. The van der Waals surface area contributed by atoms with Crippen LogP contribution in [0.4, 0.5) is 22.7 Å². The van der Waals surface area contributed by atoms with Crippen molar-refractivity contribution in [1.82, 2.24) is 14.5 Å². The van der Waals surface area contributed by atoms with Gasteiger partial charge in [0, 0.05) is 61.6 Å². The molecule has 1 amide bonds. The number of benzene rings is 3. The van der Waals surface area contributed by atoms with E-state index >= 15 is 0 Å². The van der Waals surface area contributed by atoms with Crippen LogP contribution in [0.1, 0.15) is 35.2 Å². The van der Waals surface area contributed by atoms with Crippen LogP contribution in [0.15, 0.2) is 85.3 Å². The van der Waals surface area contributed by atoms with Gasteiger partial charge in [0.2, 0.25) is 0 Å². The number of fused-ring (bicyclic) bond motifs is 3. The summed E-state index contributed by atoms with van der Waals surface area (Å²) in [5, 5.41) is 7.86. The number of nitrogens with one attached hydrogen (secondary N) is 2. The van der Waals surface area contributed by atoms with Crippen molar-refractivity contribution in [3.63, 3.8) is 0 Å². The number of likely N-dealkylation sites (tertiary alicyclic amines) is 1. The number of nitrogens with zero attached hydrogens (tertiary/aromatic N) is 4. The Hall–Kier alpha value is -4.86. The van der Waals surface area contributed by atoms with Gasteiger partial charge in [0.25, 0.3) is 5.91 Å². The van der Waals surface area contributed by atoms with Gasteiger partial charge < -0.3 is 34.5 Å². The van der Waals surface area contributed by atoms with Crippen molar-refractivity contribution in [2.45, 2.75) is 32.2 Å². The van der Waals surface area contributed by atoms with E-state index in [9.17, 15) is 4.79 Å². The Morgan fingerprint density at radius 2 is 1.65 bits per heavy atom. The number of ether oxygens (including phenoxy) is 2. The molecule has 0 aliphatic carbocycles. The van der Waals surface area contributed by atoms with E-state index in [0.29, 0.717) is 12.2 Å². The minimum atomic E-state index is -0.121. The quantitative estimate of drug-likeness (QED) is 0.180. The topological polar surface area (TPSA) is 83.9 Å². The fourth-order valence-electron chi connectivity index (χ4n) is 7.15. The number of aromatic nitrogens is 2. The lowest BCUT2D eigenvalue weighted by Crippen LogP contribution is -2.36. The zero-order valence-corrected chi connectivity index (χ0v) is 27.3. The average Bonchev–Trinajstić information content (AvgIpc) is 3.44. The predicted molar refractivity (Wildman–Crippen MR) is 192 cm³/mol. The molecule has 8 rings (SSSR count). The molecule has 0 bridgehead atoms. The van der Waals surface area contributed by atoms with E-state index in [-0.39, 0.29) is 5.91 Å². The Balaban J connectivity index is 0.959. The second-order valence-electron chi connectivity index (χ2n) is 12.9. The van der Waals surface area contributed by atoms with Crippen molar-refractivity contribution in [1.29, 1.82) is 0 Å². The number of amides is 1. The van der Waals surface area contributed by atoms with Gasteiger partial charge in [-0.1, -0.05) is 18.6 Å². The monoisotopic (exact) mass is 642 g/mol. The first-order valence-corrected chi connectivity index (χ1v) is 17.2. The van der Waals surface area contributed by atoms with E-state index < -0.39 is 0 Å². The zero-order valence-electron chi connectivity index (χ0n) is 27.3. The molecule has 0 atom stereocenters. The number of carbonyl (C=O) groups excluding carboxylic acids is 1. The van der Waals surface area contributed by atoms with Crippen molar-refractivity contribution < 1.29 is 14.3 Å². The highest BCUT2D eigenvalue weighted by Crippen LogP contribution is 2.37. The maximum atomic E-state index is 13.4. The zero-order chi connectivity index (χ0) is 32.3. The molecule has 3 aliphatic heterocycles. The summed E-state index contributed by atoms with van der Waals surface area (Å²) in [5.41, 5.74) is 8.69. The summed E-state index contributed by atoms with van der Waals surface area (Å²) in [6.07, 6.45) is 10.7. The minimum absolute atomic E-state index is 0.121. The summed E-state index contributed by atoms with van der Waals surface area (Å²) < 4.78 is 13.9. The number of piperidine rings is 1. The van der Waals surface area contributed by atoms with Gasteiger partial charge in [-0.15, -0.1) is 0 Å². The van der Waals surface area contributed by atoms with E-state index in [0.717, 1.165) is 90.8 Å². The molecule has 2 N–H and O–H groups in total. The third-order valence-electron chi connectivity index (χ3n) is 9.84. The molecule has 0 saturated carbocycles. The summed E-state index contributed by atoms with van der Waals surface area (Å²) in [6, 6.07) is 22.6. The largest absolute Gasteiger partial charge is 0.493 e. The fourth-order valence-corrected chi connectivity index (χ4v) is 7.15. The standard InChI is InChI=1S/C39H42N6O3/c46-39-33-10-5-29(34-27-45(38-26-40-14-12-32(34)38)18-17-43-15-2-1-3-16-43)25-36(33)41-35-11-4-28(24-37(35)42-39)13-21-48-31-8-6-30(7-9-31)44-19-22-47-23-20-44/h4-12,14,24-27,41H,1-3,13,15-23H2,(H,42,46). The molecule has 2 fully saturated rings. The Bertz CT molecular complexity index is 1910. The van der Waals surface area contributed by atoms with Gasteiger partial charge in [-0.3, -0.25) is 9.78 Å². The van der Waals surface area contributed by atoms with Gasteiger partial charge in [-0.2, -0.15) is 0 Å². The molecule has 9 heteroatoms. The third-order valence-corrected chi connectivity index (χ3v) is 9.84. The molecule has 2 aromatic heterocycles. The normalized spacial score (nSPS) is 16.5. The van der Waals surface area contributed by atoms with Gasteiger partial charge >= 0.3 is 0 Å². The number of morpholine rings is 1. The molecule has 3 aromatic carbocycles. The van der Waals surface area contributed by atoms with Gasteiger partial charge in [0.15, 0.2) is 0 Å². The maximum Gasteiger partial charge on any atom is 0.257 e. The molecule has 0 spiro atoms. The van der Waals surface area contributed by atoms with Crippen molar-refractivity contribution in [3.8, 4) is 16.9 Å². The number of rotatable bonds is 9. The second-order valence-corrected chi connectivity index (χ2v) is 12.9. The van der Waals surface area contributed by atoms with E-state index in [2.05, 4.69) is 72.6 Å². The first-order chi connectivity index (χ1) is 23.7. The Morgan fingerprint density at radius 1 is 0.792 bits per heavy atom. The van der Waals surface area contributed by atoms with Crippen molar-refractivity contribution >= 4 is 39.6 Å². The second kappa shape index (κ2) is 13.7. The van der Waals surface area contributed by atoms with Crippen molar-refractivity contribution in [3.05, 3.63) is 96.4 Å². The molecule has 0 unspecified atom stereocenters.